The number of hydrogen-bond donors (Lipinski definition) is 0. The Kier molecular flexibility index (Phi) is 3.32. The third-order valence-corrected chi connectivity index (χ3v) is 4.00. The zero-order valence-corrected chi connectivity index (χ0v) is 13.2. The molecule has 4 aromatic rings. The number of halogens is 1. The maximum Gasteiger partial charge on any atom is 0.163 e. The third kappa shape index (κ3) is 2.37. The first-order valence-electron chi connectivity index (χ1n) is 7.25. The number of aryl methyl sites for hydroxylation is 1. The maximum absolute atomic E-state index is 6.14. The molecule has 4 rings (SSSR count). The van der Waals surface area contributed by atoms with Gasteiger partial charge in [-0.15, -0.1) is 0 Å². The quantitative estimate of drug-likeness (QED) is 0.549. The molecule has 0 aliphatic rings. The summed E-state index contributed by atoms with van der Waals surface area (Å²) in [5.74, 6) is 0. The summed E-state index contributed by atoms with van der Waals surface area (Å²) in [5, 5.41) is 5.38. The van der Waals surface area contributed by atoms with Crippen LogP contribution in [0.3, 0.4) is 0 Å². The molecule has 0 saturated heterocycles. The molecule has 0 amide bonds. The highest BCUT2D eigenvalue weighted by Gasteiger charge is 2.15. The lowest BCUT2D eigenvalue weighted by atomic mass is 10.1. The van der Waals surface area contributed by atoms with Gasteiger partial charge in [0, 0.05) is 34.7 Å². The van der Waals surface area contributed by atoms with Gasteiger partial charge >= 0.3 is 0 Å². The van der Waals surface area contributed by atoms with E-state index in [1.807, 2.05) is 60.1 Å². The van der Waals surface area contributed by atoms with E-state index in [1.165, 1.54) is 0 Å². The van der Waals surface area contributed by atoms with Crippen molar-refractivity contribution in [2.24, 2.45) is 0 Å². The molecule has 0 spiro atoms. The standard InChI is InChI=1S/C18H13ClN4/c1-12-17(13-4-2-6-15(19)10-13)18-21-9-7-16(23(18)22-12)14-5-3-8-20-11-14/h2-11H,1H3. The minimum atomic E-state index is 0.699. The predicted molar refractivity (Wildman–Crippen MR) is 91.4 cm³/mol. The Hall–Kier alpha value is -2.72. The second-order valence-electron chi connectivity index (χ2n) is 5.28. The Morgan fingerprint density at radius 1 is 1.00 bits per heavy atom. The van der Waals surface area contributed by atoms with E-state index in [-0.39, 0.29) is 0 Å². The monoisotopic (exact) mass is 320 g/mol. The molecular weight excluding hydrogens is 308 g/mol. The molecule has 1 aromatic carbocycles. The van der Waals surface area contributed by atoms with Gasteiger partial charge in [0.1, 0.15) is 0 Å². The number of aromatic nitrogens is 4. The average molecular weight is 321 g/mol. The number of pyridine rings is 1. The summed E-state index contributed by atoms with van der Waals surface area (Å²) in [4.78, 5) is 8.72. The zero-order valence-electron chi connectivity index (χ0n) is 12.4. The molecular formula is C18H13ClN4. The smallest absolute Gasteiger partial charge is 0.163 e. The molecule has 112 valence electrons. The predicted octanol–water partition coefficient (Wildman–Crippen LogP) is 4.42. The van der Waals surface area contributed by atoms with Gasteiger partial charge in [-0.05, 0) is 42.8 Å². The van der Waals surface area contributed by atoms with Crippen LogP contribution in [-0.2, 0) is 0 Å². The molecule has 0 fully saturated rings. The first-order chi connectivity index (χ1) is 11.2. The van der Waals surface area contributed by atoms with Gasteiger partial charge < -0.3 is 0 Å². The van der Waals surface area contributed by atoms with Crippen LogP contribution in [0.2, 0.25) is 5.02 Å². The highest BCUT2D eigenvalue weighted by molar-refractivity contribution is 6.30. The lowest BCUT2D eigenvalue weighted by Gasteiger charge is -2.05. The van der Waals surface area contributed by atoms with Crippen LogP contribution in [0.15, 0.2) is 61.1 Å². The number of rotatable bonds is 2. The molecule has 0 atom stereocenters. The van der Waals surface area contributed by atoms with Crippen molar-refractivity contribution in [3.05, 3.63) is 71.8 Å². The van der Waals surface area contributed by atoms with Crippen molar-refractivity contribution in [1.82, 2.24) is 19.6 Å². The molecule has 4 nitrogen and oxygen atoms in total. The highest BCUT2D eigenvalue weighted by Crippen LogP contribution is 2.31. The summed E-state index contributed by atoms with van der Waals surface area (Å²) in [7, 11) is 0. The van der Waals surface area contributed by atoms with Crippen LogP contribution in [0.5, 0.6) is 0 Å². The molecule has 3 aromatic heterocycles. The van der Waals surface area contributed by atoms with Gasteiger partial charge in [-0.25, -0.2) is 9.50 Å². The molecule has 0 aliphatic heterocycles. The largest absolute Gasteiger partial charge is 0.264 e. The Bertz CT molecular complexity index is 993. The van der Waals surface area contributed by atoms with Crippen molar-refractivity contribution in [3.63, 3.8) is 0 Å². The molecule has 0 N–H and O–H groups in total. The van der Waals surface area contributed by atoms with Crippen LogP contribution < -0.4 is 0 Å². The van der Waals surface area contributed by atoms with Crippen LogP contribution >= 0.6 is 11.6 Å². The van der Waals surface area contributed by atoms with Crippen molar-refractivity contribution in [2.75, 3.05) is 0 Å². The second-order valence-corrected chi connectivity index (χ2v) is 5.71. The molecule has 0 radical (unpaired) electrons. The van der Waals surface area contributed by atoms with Gasteiger partial charge in [-0.2, -0.15) is 5.10 Å². The van der Waals surface area contributed by atoms with E-state index < -0.39 is 0 Å². The fourth-order valence-electron chi connectivity index (χ4n) is 2.77. The zero-order chi connectivity index (χ0) is 15.8. The van der Waals surface area contributed by atoms with Crippen molar-refractivity contribution < 1.29 is 0 Å². The SMILES string of the molecule is Cc1nn2c(-c3cccnc3)ccnc2c1-c1cccc(Cl)c1. The fourth-order valence-corrected chi connectivity index (χ4v) is 2.96. The van der Waals surface area contributed by atoms with E-state index in [9.17, 15) is 0 Å². The fraction of sp³-hybridized carbons (Fsp3) is 0.0556. The molecule has 23 heavy (non-hydrogen) atoms. The van der Waals surface area contributed by atoms with Crippen LogP contribution in [0.25, 0.3) is 28.0 Å². The van der Waals surface area contributed by atoms with Crippen LogP contribution in [0, 0.1) is 6.92 Å². The molecule has 0 unspecified atom stereocenters. The Balaban J connectivity index is 2.00. The number of fused-ring (bicyclic) bond motifs is 1. The number of hydrogen-bond acceptors (Lipinski definition) is 3. The van der Waals surface area contributed by atoms with E-state index in [0.29, 0.717) is 5.02 Å². The van der Waals surface area contributed by atoms with Crippen LogP contribution in [0.4, 0.5) is 0 Å². The molecule has 5 heteroatoms. The first kappa shape index (κ1) is 13.9. The summed E-state index contributed by atoms with van der Waals surface area (Å²) in [6.45, 7) is 1.98. The molecule has 0 saturated carbocycles. The topological polar surface area (TPSA) is 43.1 Å². The summed E-state index contributed by atoms with van der Waals surface area (Å²) in [6.07, 6.45) is 5.38. The number of nitrogens with zero attached hydrogens (tertiary/aromatic N) is 4. The Labute approximate surface area is 138 Å². The molecule has 0 aliphatic carbocycles. The summed E-state index contributed by atoms with van der Waals surface area (Å²) < 4.78 is 1.86. The van der Waals surface area contributed by atoms with Gasteiger partial charge in [0.15, 0.2) is 5.65 Å². The normalized spacial score (nSPS) is 11.0. The lowest BCUT2D eigenvalue weighted by Crippen LogP contribution is -1.96. The van der Waals surface area contributed by atoms with Crippen LogP contribution in [0.1, 0.15) is 5.69 Å². The minimum absolute atomic E-state index is 0.699. The van der Waals surface area contributed by atoms with Gasteiger partial charge in [0.05, 0.1) is 11.4 Å². The van der Waals surface area contributed by atoms with Crippen molar-refractivity contribution in [1.29, 1.82) is 0 Å². The van der Waals surface area contributed by atoms with Crippen molar-refractivity contribution in [2.45, 2.75) is 6.92 Å². The second kappa shape index (κ2) is 5.48. The van der Waals surface area contributed by atoms with Gasteiger partial charge in [0.25, 0.3) is 0 Å². The Morgan fingerprint density at radius 2 is 1.87 bits per heavy atom. The van der Waals surface area contributed by atoms with E-state index in [2.05, 4.69) is 15.1 Å². The summed E-state index contributed by atoms with van der Waals surface area (Å²) in [5.41, 5.74) is 5.70. The van der Waals surface area contributed by atoms with E-state index in [1.54, 1.807) is 12.4 Å². The van der Waals surface area contributed by atoms with E-state index >= 15 is 0 Å². The van der Waals surface area contributed by atoms with Crippen molar-refractivity contribution in [3.8, 4) is 22.4 Å². The van der Waals surface area contributed by atoms with Gasteiger partial charge in [-0.3, -0.25) is 4.98 Å². The van der Waals surface area contributed by atoms with Crippen molar-refractivity contribution >= 4 is 17.2 Å². The number of benzene rings is 1. The Morgan fingerprint density at radius 3 is 2.65 bits per heavy atom. The van der Waals surface area contributed by atoms with E-state index in [0.717, 1.165) is 33.7 Å². The summed E-state index contributed by atoms with van der Waals surface area (Å²) >= 11 is 6.14. The van der Waals surface area contributed by atoms with Gasteiger partial charge in [-0.1, -0.05) is 23.7 Å². The molecule has 3 heterocycles. The first-order valence-corrected chi connectivity index (χ1v) is 7.62. The van der Waals surface area contributed by atoms with Crippen LogP contribution in [-0.4, -0.2) is 19.6 Å². The lowest BCUT2D eigenvalue weighted by molar-refractivity contribution is 0.924. The van der Waals surface area contributed by atoms with E-state index in [4.69, 9.17) is 11.6 Å². The maximum atomic E-state index is 6.14. The average Bonchev–Trinajstić information content (AvgIpc) is 2.91. The third-order valence-electron chi connectivity index (χ3n) is 3.76. The molecule has 0 bridgehead atoms. The highest BCUT2D eigenvalue weighted by atomic mass is 35.5. The minimum Gasteiger partial charge on any atom is -0.264 e. The van der Waals surface area contributed by atoms with Gasteiger partial charge in [0.2, 0.25) is 0 Å². The summed E-state index contributed by atoms with van der Waals surface area (Å²) in [6, 6.07) is 13.6.